The minimum Gasteiger partial charge on any atom is -0.455 e. The number of cyclic esters (lactones) is 1. The molecule has 0 radical (unpaired) electrons. The topological polar surface area (TPSA) is 105 Å². The van der Waals surface area contributed by atoms with Crippen LogP contribution in [0.3, 0.4) is 0 Å². The minimum atomic E-state index is -1.00. The lowest BCUT2D eigenvalue weighted by atomic mass is 9.97. The van der Waals surface area contributed by atoms with Gasteiger partial charge in [-0.25, -0.2) is 0 Å². The van der Waals surface area contributed by atoms with Crippen molar-refractivity contribution in [1.29, 1.82) is 0 Å². The summed E-state index contributed by atoms with van der Waals surface area (Å²) in [5.41, 5.74) is 1.51. The van der Waals surface area contributed by atoms with E-state index in [1.807, 2.05) is 60.7 Å². The number of aliphatic hydroxyl groups is 1. The van der Waals surface area contributed by atoms with E-state index in [0.29, 0.717) is 6.42 Å². The lowest BCUT2D eigenvalue weighted by Gasteiger charge is -2.28. The first-order valence-electron chi connectivity index (χ1n) is 11.6. The van der Waals surface area contributed by atoms with Gasteiger partial charge in [0.25, 0.3) is 0 Å². The predicted octanol–water partition coefficient (Wildman–Crippen LogP) is 3.23. The summed E-state index contributed by atoms with van der Waals surface area (Å²) in [5.74, 6) is -2.66. The second kappa shape index (κ2) is 12.1. The van der Waals surface area contributed by atoms with Crippen LogP contribution in [-0.2, 0) is 19.1 Å². The third kappa shape index (κ3) is 6.54. The zero-order chi connectivity index (χ0) is 24.5. The number of esters is 1. The first-order valence-corrected chi connectivity index (χ1v) is 11.6. The van der Waals surface area contributed by atoms with Crippen LogP contribution in [-0.4, -0.2) is 35.5 Å². The summed E-state index contributed by atoms with van der Waals surface area (Å²) in [7, 11) is 0. The highest BCUT2D eigenvalue weighted by atomic mass is 16.5. The lowest BCUT2D eigenvalue weighted by molar-refractivity contribution is -0.156. The molecular weight excluding hydrogens is 432 g/mol. The highest BCUT2D eigenvalue weighted by Gasteiger charge is 2.32. The molecule has 2 aromatic carbocycles. The van der Waals surface area contributed by atoms with Gasteiger partial charge in [0.2, 0.25) is 11.8 Å². The number of nitrogens with one attached hydrogen (secondary N) is 2. The fraction of sp³-hybridized carbons (Fsp3) is 0.370. The van der Waals surface area contributed by atoms with Gasteiger partial charge in [-0.1, -0.05) is 79.7 Å². The number of carbonyl (C=O) groups excluding carboxylic acids is 3. The fourth-order valence-electron chi connectivity index (χ4n) is 3.90. The lowest BCUT2D eigenvalue weighted by Crippen LogP contribution is -2.47. The van der Waals surface area contributed by atoms with Crippen molar-refractivity contribution in [2.45, 2.75) is 44.9 Å². The van der Waals surface area contributed by atoms with Crippen molar-refractivity contribution in [2.75, 3.05) is 6.61 Å². The molecule has 3 unspecified atom stereocenters. The molecule has 1 aliphatic rings. The Morgan fingerprint density at radius 3 is 2.29 bits per heavy atom. The molecule has 0 aliphatic carbocycles. The summed E-state index contributed by atoms with van der Waals surface area (Å²) < 4.78 is 5.80. The van der Waals surface area contributed by atoms with E-state index in [-0.39, 0.29) is 24.9 Å². The maximum Gasteiger partial charge on any atom is 0.309 e. The first-order chi connectivity index (χ1) is 16.4. The van der Waals surface area contributed by atoms with E-state index >= 15 is 0 Å². The molecule has 0 bridgehead atoms. The number of allylic oxidation sites excluding steroid dienone is 2. The molecule has 0 saturated heterocycles. The van der Waals surface area contributed by atoms with Crippen molar-refractivity contribution >= 4 is 17.8 Å². The van der Waals surface area contributed by atoms with E-state index in [9.17, 15) is 19.5 Å². The normalized spacial score (nSPS) is 24.7. The van der Waals surface area contributed by atoms with Gasteiger partial charge in [-0.3, -0.25) is 14.4 Å². The number of rotatable bonds is 5. The Labute approximate surface area is 200 Å². The Hall–Kier alpha value is -3.45. The molecule has 2 aromatic rings. The largest absolute Gasteiger partial charge is 0.455 e. The molecule has 5 atom stereocenters. The third-order valence-electron chi connectivity index (χ3n) is 5.96. The van der Waals surface area contributed by atoms with Gasteiger partial charge in [-0.15, -0.1) is 0 Å². The van der Waals surface area contributed by atoms with Crippen molar-refractivity contribution in [3.63, 3.8) is 0 Å². The average molecular weight is 465 g/mol. The van der Waals surface area contributed by atoms with E-state index in [2.05, 4.69) is 10.6 Å². The van der Waals surface area contributed by atoms with Crippen LogP contribution >= 0.6 is 0 Å². The van der Waals surface area contributed by atoms with Crippen molar-refractivity contribution < 1.29 is 24.2 Å². The van der Waals surface area contributed by atoms with Crippen molar-refractivity contribution in [2.24, 2.45) is 11.8 Å². The van der Waals surface area contributed by atoms with Gasteiger partial charge >= 0.3 is 5.97 Å². The van der Waals surface area contributed by atoms with Gasteiger partial charge in [-0.05, 0) is 30.9 Å². The van der Waals surface area contributed by atoms with Crippen LogP contribution in [0.1, 0.15) is 50.0 Å². The van der Waals surface area contributed by atoms with Gasteiger partial charge in [0.15, 0.2) is 0 Å². The summed E-state index contributed by atoms with van der Waals surface area (Å²) in [6.45, 7) is 3.25. The second-order valence-electron chi connectivity index (χ2n) is 8.62. The van der Waals surface area contributed by atoms with E-state index in [0.717, 1.165) is 11.1 Å². The molecular formula is C27H32N2O5. The monoisotopic (exact) mass is 464 g/mol. The first kappa shape index (κ1) is 25.2. The molecule has 2 amide bonds. The second-order valence-corrected chi connectivity index (χ2v) is 8.62. The van der Waals surface area contributed by atoms with Crippen LogP contribution in [0.5, 0.6) is 0 Å². The van der Waals surface area contributed by atoms with Gasteiger partial charge in [0.1, 0.15) is 12.0 Å². The number of carbonyl (C=O) groups is 3. The minimum absolute atomic E-state index is 0.176. The molecule has 0 spiro atoms. The molecule has 3 N–H and O–H groups in total. The summed E-state index contributed by atoms with van der Waals surface area (Å²) in [6, 6.07) is 17.2. The Balaban J connectivity index is 1.84. The number of aliphatic hydroxyl groups excluding tert-OH is 1. The van der Waals surface area contributed by atoms with Crippen molar-refractivity contribution in [1.82, 2.24) is 10.6 Å². The Morgan fingerprint density at radius 2 is 1.65 bits per heavy atom. The van der Waals surface area contributed by atoms with Crippen LogP contribution in [0.4, 0.5) is 0 Å². The van der Waals surface area contributed by atoms with E-state index in [1.165, 1.54) is 0 Å². The molecule has 7 nitrogen and oxygen atoms in total. The molecule has 0 aromatic heterocycles. The van der Waals surface area contributed by atoms with Crippen LogP contribution in [0.2, 0.25) is 0 Å². The van der Waals surface area contributed by atoms with Crippen LogP contribution in [0, 0.1) is 11.8 Å². The van der Waals surface area contributed by atoms with Crippen LogP contribution in [0.15, 0.2) is 72.8 Å². The van der Waals surface area contributed by atoms with E-state index < -0.39 is 35.9 Å². The maximum absolute atomic E-state index is 13.2. The van der Waals surface area contributed by atoms with Gasteiger partial charge < -0.3 is 20.5 Å². The molecule has 7 heteroatoms. The van der Waals surface area contributed by atoms with E-state index in [4.69, 9.17) is 4.74 Å². The fourth-order valence-corrected chi connectivity index (χ4v) is 3.90. The van der Waals surface area contributed by atoms with Crippen LogP contribution < -0.4 is 10.6 Å². The summed E-state index contributed by atoms with van der Waals surface area (Å²) in [4.78, 5) is 39.0. The zero-order valence-corrected chi connectivity index (χ0v) is 19.5. The highest BCUT2D eigenvalue weighted by molar-refractivity contribution is 6.00. The molecule has 0 saturated carbocycles. The Kier molecular flexibility index (Phi) is 8.99. The number of hydrogen-bond acceptors (Lipinski definition) is 5. The summed E-state index contributed by atoms with van der Waals surface area (Å²) >= 11 is 0. The maximum atomic E-state index is 13.2. The van der Waals surface area contributed by atoms with Gasteiger partial charge in [0, 0.05) is 0 Å². The van der Waals surface area contributed by atoms with Gasteiger partial charge in [-0.2, -0.15) is 0 Å². The molecule has 3 rings (SSSR count). The van der Waals surface area contributed by atoms with Crippen molar-refractivity contribution in [3.8, 4) is 0 Å². The number of hydrogen-bond donors (Lipinski definition) is 3. The van der Waals surface area contributed by atoms with E-state index in [1.54, 1.807) is 26.0 Å². The zero-order valence-electron chi connectivity index (χ0n) is 19.5. The highest BCUT2D eigenvalue weighted by Crippen LogP contribution is 2.25. The Morgan fingerprint density at radius 1 is 1.03 bits per heavy atom. The quantitative estimate of drug-likeness (QED) is 0.358. The molecule has 1 heterocycles. The molecule has 34 heavy (non-hydrogen) atoms. The average Bonchev–Trinajstić information content (AvgIpc) is 2.85. The molecule has 0 fully saturated rings. The Bertz CT molecular complexity index is 993. The number of ether oxygens (including phenoxy) is 1. The third-order valence-corrected chi connectivity index (χ3v) is 5.96. The predicted molar refractivity (Wildman–Crippen MR) is 128 cm³/mol. The van der Waals surface area contributed by atoms with Crippen LogP contribution in [0.25, 0.3) is 0 Å². The number of amides is 2. The SMILES string of the molecule is CC1CC=CCC(C(=O)N[C@@H](CO)c2ccccc2)C(=O)N[C@@H](C)C(c2ccccc2)OC1=O. The van der Waals surface area contributed by atoms with Gasteiger partial charge in [0.05, 0.1) is 24.6 Å². The molecule has 1 aliphatic heterocycles. The smallest absolute Gasteiger partial charge is 0.309 e. The van der Waals surface area contributed by atoms with Crippen molar-refractivity contribution in [3.05, 3.63) is 83.9 Å². The standard InChI is InChI=1S/C27H32N2O5/c1-18-11-9-10-16-22(26(32)29-23(17-30)20-12-5-3-6-13-20)25(31)28-19(2)24(34-27(18)33)21-14-7-4-8-15-21/h3-10,12-15,18-19,22-24,30H,11,16-17H2,1-2H3,(H,28,31)(H,29,32)/t18?,19-,22?,23-,24?/m0/s1. The molecule has 180 valence electrons. The summed E-state index contributed by atoms with van der Waals surface area (Å²) in [5, 5.41) is 15.5. The summed E-state index contributed by atoms with van der Waals surface area (Å²) in [6.07, 6.45) is 3.46. The number of benzene rings is 2.